The first-order valence-electron chi connectivity index (χ1n) is 7.68. The molecule has 0 saturated heterocycles. The Morgan fingerprint density at radius 2 is 1.50 bits per heavy atom. The summed E-state index contributed by atoms with van der Waals surface area (Å²) >= 11 is 4.45. The Kier molecular flexibility index (Phi) is 3.70. The molecule has 0 unspecified atom stereocenters. The van der Waals surface area contributed by atoms with E-state index in [9.17, 15) is 0 Å². The predicted octanol–water partition coefficient (Wildman–Crippen LogP) is 5.94. The number of thioether (sulfide) groups is 2. The van der Waals surface area contributed by atoms with Gasteiger partial charge in [-0.15, -0.1) is 23.5 Å². The summed E-state index contributed by atoms with van der Waals surface area (Å²) in [7, 11) is 0. The molecule has 0 aromatic heterocycles. The molecule has 1 heterocycles. The van der Waals surface area contributed by atoms with Gasteiger partial charge in [0.15, 0.2) is 0 Å². The molecule has 1 atom stereocenters. The van der Waals surface area contributed by atoms with Crippen molar-refractivity contribution in [2.75, 3.05) is 0 Å². The van der Waals surface area contributed by atoms with E-state index in [0.717, 1.165) is 5.92 Å². The second kappa shape index (κ2) is 4.98. The summed E-state index contributed by atoms with van der Waals surface area (Å²) in [5.74, 6) is 3.22. The van der Waals surface area contributed by atoms with Crippen molar-refractivity contribution in [2.45, 2.75) is 63.0 Å². The van der Waals surface area contributed by atoms with E-state index >= 15 is 0 Å². The first-order chi connectivity index (χ1) is 9.31. The van der Waals surface area contributed by atoms with Gasteiger partial charge in [0.25, 0.3) is 0 Å². The quantitative estimate of drug-likeness (QED) is 0.582. The average molecular weight is 307 g/mol. The number of benzene rings is 1. The monoisotopic (exact) mass is 306 g/mol. The van der Waals surface area contributed by atoms with Crippen LogP contribution in [0.1, 0.15) is 55.9 Å². The largest absolute Gasteiger partial charge is 0.139 e. The second-order valence-corrected chi connectivity index (χ2v) is 10.4. The number of hydrogen-bond donors (Lipinski definition) is 0. The van der Waals surface area contributed by atoms with Crippen LogP contribution in [-0.2, 0) is 11.5 Å². The third kappa shape index (κ3) is 2.54. The van der Waals surface area contributed by atoms with Gasteiger partial charge in [-0.05, 0) is 60.3 Å². The van der Waals surface area contributed by atoms with Crippen LogP contribution in [0.2, 0.25) is 0 Å². The van der Waals surface area contributed by atoms with E-state index in [4.69, 9.17) is 0 Å². The average Bonchev–Trinajstić information content (AvgIpc) is 2.48. The van der Waals surface area contributed by atoms with Gasteiger partial charge in [0.2, 0.25) is 0 Å². The molecule has 2 heteroatoms. The molecule has 1 aliphatic heterocycles. The lowest BCUT2D eigenvalue weighted by atomic mass is 9.91. The highest BCUT2D eigenvalue weighted by Gasteiger charge is 2.49. The Bertz CT molecular complexity index is 497. The van der Waals surface area contributed by atoms with Crippen molar-refractivity contribution in [1.29, 1.82) is 0 Å². The van der Waals surface area contributed by atoms with Crippen molar-refractivity contribution in [2.24, 2.45) is 11.3 Å². The Morgan fingerprint density at radius 3 is 1.90 bits per heavy atom. The Labute approximate surface area is 132 Å². The lowest BCUT2D eigenvalue weighted by Gasteiger charge is -2.31. The standard InChI is InChI=1S/C18H26S2/c1-12-6-15-9-19-18(11-17(4,5)8-14(18)3)20-10-16(15)7-13(12)2/h6-7,14H,8-11H2,1-5H3/t14-/m0/s1. The maximum Gasteiger partial charge on any atom is 0.0648 e. The molecular formula is C18H26S2. The van der Waals surface area contributed by atoms with Gasteiger partial charge >= 0.3 is 0 Å². The highest BCUT2D eigenvalue weighted by atomic mass is 32.2. The Balaban J connectivity index is 1.90. The van der Waals surface area contributed by atoms with E-state index in [2.05, 4.69) is 70.3 Å². The summed E-state index contributed by atoms with van der Waals surface area (Å²) in [5, 5.41) is 0. The molecule has 3 rings (SSSR count). The van der Waals surface area contributed by atoms with Crippen molar-refractivity contribution < 1.29 is 0 Å². The summed E-state index contributed by atoms with van der Waals surface area (Å²) in [6.45, 7) is 11.9. The minimum atomic E-state index is 0.449. The molecule has 1 aromatic carbocycles. The fourth-order valence-corrected chi connectivity index (χ4v) is 7.68. The molecule has 1 spiro atoms. The van der Waals surface area contributed by atoms with Crippen LogP contribution in [0, 0.1) is 25.2 Å². The molecule has 1 fully saturated rings. The summed E-state index contributed by atoms with van der Waals surface area (Å²) in [6, 6.07) is 4.87. The van der Waals surface area contributed by atoms with Gasteiger partial charge in [-0.3, -0.25) is 0 Å². The smallest absolute Gasteiger partial charge is 0.0648 e. The zero-order valence-corrected chi connectivity index (χ0v) is 15.0. The minimum absolute atomic E-state index is 0.449. The van der Waals surface area contributed by atoms with E-state index in [1.165, 1.54) is 35.5 Å². The highest BCUT2D eigenvalue weighted by Crippen LogP contribution is 2.62. The van der Waals surface area contributed by atoms with Crippen molar-refractivity contribution in [3.63, 3.8) is 0 Å². The van der Waals surface area contributed by atoms with E-state index in [1.807, 2.05) is 0 Å². The molecular weight excluding hydrogens is 280 g/mol. The third-order valence-electron chi connectivity index (χ3n) is 5.09. The lowest BCUT2D eigenvalue weighted by molar-refractivity contribution is 0.366. The summed E-state index contributed by atoms with van der Waals surface area (Å²) < 4.78 is 0.449. The van der Waals surface area contributed by atoms with Crippen molar-refractivity contribution >= 4 is 23.5 Å². The van der Waals surface area contributed by atoms with Gasteiger partial charge in [0, 0.05) is 11.5 Å². The van der Waals surface area contributed by atoms with Crippen LogP contribution < -0.4 is 0 Å². The summed E-state index contributed by atoms with van der Waals surface area (Å²) in [4.78, 5) is 0. The molecule has 1 aromatic rings. The van der Waals surface area contributed by atoms with Gasteiger partial charge < -0.3 is 0 Å². The lowest BCUT2D eigenvalue weighted by Crippen LogP contribution is -2.23. The maximum absolute atomic E-state index is 2.47. The fraction of sp³-hybridized carbons (Fsp3) is 0.667. The predicted molar refractivity (Wildman–Crippen MR) is 93.4 cm³/mol. The number of rotatable bonds is 0. The topological polar surface area (TPSA) is 0 Å². The Morgan fingerprint density at radius 1 is 1.00 bits per heavy atom. The number of aryl methyl sites for hydroxylation is 2. The van der Waals surface area contributed by atoms with Gasteiger partial charge in [0.05, 0.1) is 4.08 Å². The molecule has 2 aliphatic rings. The van der Waals surface area contributed by atoms with Gasteiger partial charge in [-0.25, -0.2) is 0 Å². The van der Waals surface area contributed by atoms with Gasteiger partial charge in [0.1, 0.15) is 0 Å². The first kappa shape index (κ1) is 14.8. The van der Waals surface area contributed by atoms with E-state index in [-0.39, 0.29) is 0 Å². The van der Waals surface area contributed by atoms with Crippen molar-refractivity contribution in [3.05, 3.63) is 34.4 Å². The van der Waals surface area contributed by atoms with E-state index in [1.54, 1.807) is 11.1 Å². The van der Waals surface area contributed by atoms with Crippen LogP contribution in [0.4, 0.5) is 0 Å². The van der Waals surface area contributed by atoms with E-state index in [0.29, 0.717) is 9.49 Å². The molecule has 0 N–H and O–H groups in total. The van der Waals surface area contributed by atoms with Crippen molar-refractivity contribution in [1.82, 2.24) is 0 Å². The molecule has 110 valence electrons. The zero-order valence-electron chi connectivity index (χ0n) is 13.4. The molecule has 1 aliphatic carbocycles. The van der Waals surface area contributed by atoms with E-state index < -0.39 is 0 Å². The van der Waals surface area contributed by atoms with Crippen LogP contribution in [0.25, 0.3) is 0 Å². The molecule has 1 saturated carbocycles. The normalized spacial score (nSPS) is 27.4. The van der Waals surface area contributed by atoms with Crippen LogP contribution in [0.5, 0.6) is 0 Å². The molecule has 0 amide bonds. The van der Waals surface area contributed by atoms with Crippen LogP contribution in [0.3, 0.4) is 0 Å². The SMILES string of the molecule is Cc1cc2c(cc1C)CSC1(CC(C)(C)C[C@@H]1C)SC2. The van der Waals surface area contributed by atoms with Crippen molar-refractivity contribution in [3.8, 4) is 0 Å². The van der Waals surface area contributed by atoms with Crippen LogP contribution in [-0.4, -0.2) is 4.08 Å². The second-order valence-electron chi connectivity index (χ2n) is 7.54. The first-order valence-corrected chi connectivity index (χ1v) is 9.65. The van der Waals surface area contributed by atoms with Crippen LogP contribution in [0.15, 0.2) is 12.1 Å². The van der Waals surface area contributed by atoms with Gasteiger partial charge in [-0.1, -0.05) is 32.9 Å². The van der Waals surface area contributed by atoms with Gasteiger partial charge in [-0.2, -0.15) is 0 Å². The number of fused-ring (bicyclic) bond motifs is 1. The Hall–Kier alpha value is -0.0800. The molecule has 0 radical (unpaired) electrons. The minimum Gasteiger partial charge on any atom is -0.139 e. The maximum atomic E-state index is 2.47. The zero-order chi connectivity index (χ0) is 14.5. The summed E-state index contributed by atoms with van der Waals surface area (Å²) in [6.07, 6.45) is 2.74. The highest BCUT2D eigenvalue weighted by molar-refractivity contribution is 8.17. The summed E-state index contributed by atoms with van der Waals surface area (Å²) in [5.41, 5.74) is 6.58. The fourth-order valence-electron chi connectivity index (χ4n) is 3.93. The third-order valence-corrected chi connectivity index (χ3v) is 8.78. The number of hydrogen-bond acceptors (Lipinski definition) is 2. The molecule has 0 bridgehead atoms. The molecule has 0 nitrogen and oxygen atoms in total. The molecule has 20 heavy (non-hydrogen) atoms. The van der Waals surface area contributed by atoms with Crippen LogP contribution >= 0.6 is 23.5 Å².